The number of halogens is 1. The Morgan fingerprint density at radius 1 is 1.13 bits per heavy atom. The maximum Gasteiger partial charge on any atom is 0.277 e. The fourth-order valence-electron chi connectivity index (χ4n) is 3.24. The summed E-state index contributed by atoms with van der Waals surface area (Å²) in [5.41, 5.74) is 1.70. The van der Waals surface area contributed by atoms with Crippen LogP contribution < -0.4 is 14.8 Å². The zero-order chi connectivity index (χ0) is 21.8. The van der Waals surface area contributed by atoms with Crippen LogP contribution in [-0.4, -0.2) is 35.1 Å². The van der Waals surface area contributed by atoms with E-state index in [1.54, 1.807) is 12.1 Å². The second-order valence-electron chi connectivity index (χ2n) is 7.36. The van der Waals surface area contributed by atoms with Crippen LogP contribution in [0.1, 0.15) is 25.5 Å². The summed E-state index contributed by atoms with van der Waals surface area (Å²) in [6.07, 6.45) is 0. The van der Waals surface area contributed by atoms with Crippen molar-refractivity contribution in [3.8, 4) is 23.0 Å². The van der Waals surface area contributed by atoms with E-state index in [0.29, 0.717) is 35.1 Å². The Labute approximate surface area is 189 Å². The van der Waals surface area contributed by atoms with Crippen LogP contribution in [0.3, 0.4) is 0 Å². The van der Waals surface area contributed by atoms with E-state index >= 15 is 0 Å². The number of ether oxygens (including phenoxy) is 2. The molecule has 1 N–H and O–H groups in total. The molecule has 0 fully saturated rings. The summed E-state index contributed by atoms with van der Waals surface area (Å²) in [6, 6.07) is 12.8. The van der Waals surface area contributed by atoms with Gasteiger partial charge in [0.2, 0.25) is 11.8 Å². The minimum atomic E-state index is -0.159. The van der Waals surface area contributed by atoms with Gasteiger partial charge < -0.3 is 19.2 Å². The van der Waals surface area contributed by atoms with Crippen LogP contribution in [0, 0.1) is 5.92 Å². The van der Waals surface area contributed by atoms with Gasteiger partial charge >= 0.3 is 0 Å². The molecule has 1 amide bonds. The van der Waals surface area contributed by atoms with Crippen LogP contribution in [0.5, 0.6) is 11.5 Å². The molecular formula is C22H22ClN3O4S. The molecule has 2 aromatic carbocycles. The van der Waals surface area contributed by atoms with Crippen LogP contribution in [0.25, 0.3) is 11.5 Å². The van der Waals surface area contributed by atoms with Gasteiger partial charge in [0.15, 0.2) is 11.5 Å². The average molecular weight is 460 g/mol. The molecule has 7 nitrogen and oxygen atoms in total. The Hall–Kier alpha value is -2.71. The van der Waals surface area contributed by atoms with E-state index in [4.69, 9.17) is 25.5 Å². The highest BCUT2D eigenvalue weighted by molar-refractivity contribution is 7.99. The van der Waals surface area contributed by atoms with Crippen molar-refractivity contribution in [2.45, 2.75) is 25.1 Å². The number of nitrogens with one attached hydrogen (secondary N) is 1. The monoisotopic (exact) mass is 459 g/mol. The van der Waals surface area contributed by atoms with Gasteiger partial charge in [-0.2, -0.15) is 0 Å². The lowest BCUT2D eigenvalue weighted by atomic mass is 9.95. The molecule has 9 heteroatoms. The molecule has 0 bridgehead atoms. The summed E-state index contributed by atoms with van der Waals surface area (Å²) in [5, 5.41) is 12.0. The Morgan fingerprint density at radius 3 is 2.71 bits per heavy atom. The average Bonchev–Trinajstić information content (AvgIpc) is 3.25. The number of carbonyl (C=O) groups excluding carboxylic acids is 1. The van der Waals surface area contributed by atoms with Crippen LogP contribution in [0.2, 0.25) is 5.02 Å². The van der Waals surface area contributed by atoms with Crippen LogP contribution in [0.4, 0.5) is 0 Å². The van der Waals surface area contributed by atoms with Crippen molar-refractivity contribution >= 4 is 29.3 Å². The first-order valence-corrected chi connectivity index (χ1v) is 11.3. The predicted molar refractivity (Wildman–Crippen MR) is 119 cm³/mol. The number of carbonyl (C=O) groups is 1. The van der Waals surface area contributed by atoms with Gasteiger partial charge in [0.05, 0.1) is 11.8 Å². The van der Waals surface area contributed by atoms with Gasteiger partial charge in [0.1, 0.15) is 13.2 Å². The van der Waals surface area contributed by atoms with Crippen molar-refractivity contribution in [1.82, 2.24) is 15.5 Å². The highest BCUT2D eigenvalue weighted by Gasteiger charge is 2.22. The molecule has 0 spiro atoms. The zero-order valence-corrected chi connectivity index (χ0v) is 18.7. The summed E-state index contributed by atoms with van der Waals surface area (Å²) in [7, 11) is 0. The van der Waals surface area contributed by atoms with E-state index in [-0.39, 0.29) is 23.6 Å². The van der Waals surface area contributed by atoms with E-state index in [9.17, 15) is 4.79 Å². The van der Waals surface area contributed by atoms with Crippen LogP contribution >= 0.6 is 23.4 Å². The van der Waals surface area contributed by atoms with Crippen molar-refractivity contribution in [3.05, 3.63) is 53.1 Å². The van der Waals surface area contributed by atoms with Crippen molar-refractivity contribution in [3.63, 3.8) is 0 Å². The molecule has 4 rings (SSSR count). The number of hydrogen-bond acceptors (Lipinski definition) is 7. The minimum Gasteiger partial charge on any atom is -0.486 e. The van der Waals surface area contributed by atoms with E-state index in [0.717, 1.165) is 16.9 Å². The van der Waals surface area contributed by atoms with Gasteiger partial charge in [-0.15, -0.1) is 10.2 Å². The summed E-state index contributed by atoms with van der Waals surface area (Å²) >= 11 is 7.20. The van der Waals surface area contributed by atoms with Gasteiger partial charge in [-0.1, -0.05) is 49.3 Å². The maximum absolute atomic E-state index is 12.6. The summed E-state index contributed by atoms with van der Waals surface area (Å²) in [4.78, 5) is 12.6. The highest BCUT2D eigenvalue weighted by Crippen LogP contribution is 2.34. The maximum atomic E-state index is 12.6. The third-order valence-electron chi connectivity index (χ3n) is 4.71. The van der Waals surface area contributed by atoms with Crippen molar-refractivity contribution in [2.75, 3.05) is 19.0 Å². The fraction of sp³-hybridized carbons (Fsp3) is 0.318. The minimum absolute atomic E-state index is 0.124. The summed E-state index contributed by atoms with van der Waals surface area (Å²) in [6.45, 7) is 5.18. The van der Waals surface area contributed by atoms with E-state index in [2.05, 4.69) is 29.4 Å². The van der Waals surface area contributed by atoms with Gasteiger partial charge in [0.25, 0.3) is 5.22 Å². The summed E-state index contributed by atoms with van der Waals surface area (Å²) < 4.78 is 16.9. The molecule has 0 saturated heterocycles. The van der Waals surface area contributed by atoms with Crippen molar-refractivity contribution in [1.29, 1.82) is 0 Å². The van der Waals surface area contributed by atoms with Gasteiger partial charge in [0, 0.05) is 10.6 Å². The Kier molecular flexibility index (Phi) is 6.67. The first kappa shape index (κ1) is 21.5. The third-order valence-corrected chi connectivity index (χ3v) is 5.77. The molecule has 1 aliphatic rings. The predicted octanol–water partition coefficient (Wildman–Crippen LogP) is 4.77. The Bertz CT molecular complexity index is 1070. The van der Waals surface area contributed by atoms with Crippen molar-refractivity contribution < 1.29 is 18.7 Å². The number of fused-ring (bicyclic) bond motifs is 1. The van der Waals surface area contributed by atoms with Crippen LogP contribution in [-0.2, 0) is 4.79 Å². The second kappa shape index (κ2) is 9.62. The Morgan fingerprint density at radius 2 is 1.94 bits per heavy atom. The number of nitrogens with zero attached hydrogens (tertiary/aromatic N) is 2. The molecular weight excluding hydrogens is 438 g/mol. The first-order valence-electron chi connectivity index (χ1n) is 9.91. The molecule has 1 aliphatic heterocycles. The number of benzene rings is 2. The molecule has 1 atom stereocenters. The standard InChI is InChI=1S/C22H22ClN3O4S/c1-13(2)20(14-6-7-17-18(11-14)29-9-8-28-17)24-19(27)12-31-22-26-25-21(30-22)15-4-3-5-16(23)10-15/h3-7,10-11,13,20H,8-9,12H2,1-2H3,(H,24,27). The fourth-order valence-corrected chi connectivity index (χ4v) is 4.00. The molecule has 31 heavy (non-hydrogen) atoms. The van der Waals surface area contributed by atoms with Gasteiger partial charge in [-0.3, -0.25) is 4.79 Å². The molecule has 0 radical (unpaired) electrons. The lowest BCUT2D eigenvalue weighted by molar-refractivity contribution is -0.119. The number of aromatic nitrogens is 2. The molecule has 162 valence electrons. The lowest BCUT2D eigenvalue weighted by Crippen LogP contribution is -2.33. The highest BCUT2D eigenvalue weighted by atomic mass is 35.5. The van der Waals surface area contributed by atoms with Gasteiger partial charge in [-0.05, 0) is 41.8 Å². The number of thioether (sulfide) groups is 1. The van der Waals surface area contributed by atoms with Crippen molar-refractivity contribution in [2.24, 2.45) is 5.92 Å². The number of hydrogen-bond donors (Lipinski definition) is 1. The molecule has 0 aliphatic carbocycles. The topological polar surface area (TPSA) is 86.5 Å². The second-order valence-corrected chi connectivity index (χ2v) is 8.73. The quantitative estimate of drug-likeness (QED) is 0.509. The number of amides is 1. The van der Waals surface area contributed by atoms with Gasteiger partial charge in [-0.25, -0.2) is 0 Å². The normalized spacial score (nSPS) is 13.8. The van der Waals surface area contributed by atoms with E-state index < -0.39 is 0 Å². The zero-order valence-electron chi connectivity index (χ0n) is 17.1. The largest absolute Gasteiger partial charge is 0.486 e. The Balaban J connectivity index is 1.38. The first-order chi connectivity index (χ1) is 15.0. The summed E-state index contributed by atoms with van der Waals surface area (Å²) in [5.74, 6) is 2.02. The molecule has 3 aromatic rings. The molecule has 1 aromatic heterocycles. The smallest absolute Gasteiger partial charge is 0.277 e. The molecule has 2 heterocycles. The lowest BCUT2D eigenvalue weighted by Gasteiger charge is -2.25. The molecule has 1 unspecified atom stereocenters. The third kappa shape index (κ3) is 5.32. The number of rotatable bonds is 7. The van der Waals surface area contributed by atoms with Crippen LogP contribution in [0.15, 0.2) is 52.1 Å². The van der Waals surface area contributed by atoms with E-state index in [1.807, 2.05) is 30.3 Å². The molecule has 0 saturated carbocycles. The SMILES string of the molecule is CC(C)C(NC(=O)CSc1nnc(-c2cccc(Cl)c2)o1)c1ccc2c(c1)OCCO2. The van der Waals surface area contributed by atoms with E-state index in [1.165, 1.54) is 11.8 Å².